The predicted molar refractivity (Wildman–Crippen MR) is 104 cm³/mol. The third-order valence-electron chi connectivity index (χ3n) is 5.09. The van der Waals surface area contributed by atoms with Gasteiger partial charge in [0.1, 0.15) is 11.9 Å². The number of carbonyl (C=O) groups excluding carboxylic acids is 2. The van der Waals surface area contributed by atoms with Crippen LogP contribution in [0.15, 0.2) is 53.5 Å². The molecule has 33 heavy (non-hydrogen) atoms. The molecule has 2 unspecified atom stereocenters. The summed E-state index contributed by atoms with van der Waals surface area (Å²) in [4.78, 5) is 28.5. The Bertz CT molecular complexity index is 1110. The largest absolute Gasteiger partial charge is 0.416 e. The van der Waals surface area contributed by atoms with Gasteiger partial charge in [-0.2, -0.15) is 26.3 Å². The zero-order valence-electron chi connectivity index (χ0n) is 16.7. The molecule has 12 heteroatoms. The summed E-state index contributed by atoms with van der Waals surface area (Å²) in [6.45, 7) is 0. The predicted octanol–water partition coefficient (Wildman–Crippen LogP) is 2.62. The van der Waals surface area contributed by atoms with Gasteiger partial charge in [0.05, 0.1) is 11.1 Å². The summed E-state index contributed by atoms with van der Waals surface area (Å²) < 4.78 is 79.7. The van der Waals surface area contributed by atoms with Crippen molar-refractivity contribution in [2.24, 2.45) is 10.7 Å². The quantitative estimate of drug-likeness (QED) is 0.582. The van der Waals surface area contributed by atoms with E-state index in [0.717, 1.165) is 30.3 Å². The van der Waals surface area contributed by atoms with Gasteiger partial charge in [0.2, 0.25) is 0 Å². The fourth-order valence-corrected chi connectivity index (χ4v) is 3.61. The Kier molecular flexibility index (Phi) is 6.25. The number of benzene rings is 2. The average Bonchev–Trinajstić information content (AvgIpc) is 2.70. The van der Waals surface area contributed by atoms with Gasteiger partial charge >= 0.3 is 12.4 Å². The minimum atomic E-state index is -4.81. The Morgan fingerprint density at radius 3 is 1.97 bits per heavy atom. The first-order valence-electron chi connectivity index (χ1n) is 9.45. The number of alkyl halides is 6. The lowest BCUT2D eigenvalue weighted by atomic mass is 9.84. The second-order valence-electron chi connectivity index (χ2n) is 7.38. The highest BCUT2D eigenvalue weighted by molar-refractivity contribution is 6.46. The summed E-state index contributed by atoms with van der Waals surface area (Å²) in [6.07, 6.45) is -12.4. The Hall–Kier alpha value is -3.41. The van der Waals surface area contributed by atoms with Crippen molar-refractivity contribution in [2.75, 3.05) is 0 Å². The first-order chi connectivity index (χ1) is 15.2. The highest BCUT2D eigenvalue weighted by Gasteiger charge is 2.49. The molecule has 2 aromatic rings. The lowest BCUT2D eigenvalue weighted by Gasteiger charge is -2.34. The van der Waals surface area contributed by atoms with Crippen LogP contribution in [0.2, 0.25) is 0 Å². The number of hydrogen-bond acceptors (Lipinski definition) is 4. The van der Waals surface area contributed by atoms with Crippen LogP contribution in [-0.4, -0.2) is 34.4 Å². The molecule has 176 valence electrons. The van der Waals surface area contributed by atoms with Crippen molar-refractivity contribution in [1.29, 1.82) is 0 Å². The number of nitrogens with zero attached hydrogens (tertiary/aromatic N) is 1. The van der Waals surface area contributed by atoms with E-state index < -0.39 is 71.2 Å². The Balaban J connectivity index is 1.99. The van der Waals surface area contributed by atoms with E-state index in [4.69, 9.17) is 5.73 Å². The van der Waals surface area contributed by atoms with Gasteiger partial charge in [-0.25, -0.2) is 0 Å². The molecule has 2 atom stereocenters. The van der Waals surface area contributed by atoms with Crippen LogP contribution in [0.3, 0.4) is 0 Å². The van der Waals surface area contributed by atoms with Crippen LogP contribution < -0.4 is 11.1 Å². The molecule has 0 aliphatic carbocycles. The summed E-state index contributed by atoms with van der Waals surface area (Å²) in [7, 11) is 0. The second kappa shape index (κ2) is 8.50. The summed E-state index contributed by atoms with van der Waals surface area (Å²) in [5.41, 5.74) is -1.46. The van der Waals surface area contributed by atoms with E-state index in [0.29, 0.717) is 0 Å². The number of primary amides is 1. The molecule has 3 rings (SSSR count). The lowest BCUT2D eigenvalue weighted by molar-refractivity contribution is -0.141. The van der Waals surface area contributed by atoms with Crippen LogP contribution in [0, 0.1) is 0 Å². The maximum Gasteiger partial charge on any atom is 0.416 e. The van der Waals surface area contributed by atoms with E-state index in [1.807, 2.05) is 0 Å². The minimum absolute atomic E-state index is 0.254. The Morgan fingerprint density at radius 2 is 1.45 bits per heavy atom. The first kappa shape index (κ1) is 24.2. The molecule has 1 aliphatic heterocycles. The number of carbonyl (C=O) groups is 2. The van der Waals surface area contributed by atoms with E-state index in [2.05, 4.69) is 10.3 Å². The zero-order chi connectivity index (χ0) is 24.6. The fourth-order valence-electron chi connectivity index (χ4n) is 3.61. The molecule has 0 saturated carbocycles. The number of nitrogens with two attached hydrogens (primary N) is 1. The van der Waals surface area contributed by atoms with Crippen LogP contribution >= 0.6 is 0 Å². The van der Waals surface area contributed by atoms with E-state index in [9.17, 15) is 41.0 Å². The van der Waals surface area contributed by atoms with Gasteiger partial charge in [0, 0.05) is 12.8 Å². The van der Waals surface area contributed by atoms with Gasteiger partial charge in [0.15, 0.2) is 5.60 Å². The lowest BCUT2D eigenvalue weighted by Crippen LogP contribution is -2.63. The molecular formula is C21H17F6N3O3. The van der Waals surface area contributed by atoms with Gasteiger partial charge in [-0.3, -0.25) is 14.6 Å². The van der Waals surface area contributed by atoms with Gasteiger partial charge < -0.3 is 16.2 Å². The minimum Gasteiger partial charge on any atom is -0.374 e. The molecule has 1 heterocycles. The number of rotatable bonds is 5. The summed E-state index contributed by atoms with van der Waals surface area (Å²) in [5, 5.41) is 13.1. The van der Waals surface area contributed by atoms with Gasteiger partial charge in [0.25, 0.3) is 11.8 Å². The number of aliphatic hydroxyl groups is 1. The van der Waals surface area contributed by atoms with E-state index >= 15 is 0 Å². The van der Waals surface area contributed by atoms with Gasteiger partial charge in [-0.05, 0) is 23.3 Å². The normalized spacial score (nSPS) is 21.4. The fraction of sp³-hybridized carbons (Fsp3) is 0.286. The Morgan fingerprint density at radius 1 is 0.970 bits per heavy atom. The van der Waals surface area contributed by atoms with Crippen molar-refractivity contribution in [2.45, 2.75) is 37.0 Å². The summed E-state index contributed by atoms with van der Waals surface area (Å²) in [6, 6.07) is 8.56. The molecule has 0 bridgehead atoms. The van der Waals surface area contributed by atoms with Crippen LogP contribution in [0.1, 0.15) is 22.3 Å². The SMILES string of the molecule is NC(=O)C1=NC(Cc2ccccc2C(F)(F)F)NC(=O)C1(O)Cc1ccccc1C(F)(F)F. The van der Waals surface area contributed by atoms with Crippen LogP contribution in [0.4, 0.5) is 26.3 Å². The number of nitrogens with one attached hydrogen (secondary N) is 1. The molecule has 4 N–H and O–H groups in total. The summed E-state index contributed by atoms with van der Waals surface area (Å²) >= 11 is 0. The molecule has 2 amide bonds. The topological polar surface area (TPSA) is 105 Å². The van der Waals surface area contributed by atoms with Crippen molar-refractivity contribution in [1.82, 2.24) is 5.32 Å². The molecule has 1 aliphatic rings. The summed E-state index contributed by atoms with van der Waals surface area (Å²) in [5.74, 6) is -2.70. The van der Waals surface area contributed by atoms with Gasteiger partial charge in [-0.15, -0.1) is 0 Å². The average molecular weight is 473 g/mol. The molecule has 0 saturated heterocycles. The standard InChI is InChI=1S/C21H17F6N3O3/c22-20(23,24)13-7-3-1-5-11(13)9-15-29-16(17(28)31)19(33,18(32)30-15)10-12-6-2-4-8-14(12)21(25,26)27/h1-8,15,33H,9-10H2,(H2,28,31)(H,30,32). The molecular weight excluding hydrogens is 456 g/mol. The monoisotopic (exact) mass is 473 g/mol. The van der Waals surface area contributed by atoms with Crippen LogP contribution in [0.25, 0.3) is 0 Å². The smallest absolute Gasteiger partial charge is 0.374 e. The molecule has 6 nitrogen and oxygen atoms in total. The van der Waals surface area contributed by atoms with E-state index in [-0.39, 0.29) is 5.56 Å². The molecule has 2 aromatic carbocycles. The third-order valence-corrected chi connectivity index (χ3v) is 5.09. The molecule has 0 fully saturated rings. The second-order valence-corrected chi connectivity index (χ2v) is 7.38. The molecule has 0 spiro atoms. The third kappa shape index (κ3) is 5.00. The van der Waals surface area contributed by atoms with Crippen LogP contribution in [-0.2, 0) is 34.8 Å². The van der Waals surface area contributed by atoms with Gasteiger partial charge in [-0.1, -0.05) is 36.4 Å². The maximum absolute atomic E-state index is 13.3. The van der Waals surface area contributed by atoms with E-state index in [1.54, 1.807) is 0 Å². The van der Waals surface area contributed by atoms with Crippen molar-refractivity contribution >= 4 is 17.5 Å². The van der Waals surface area contributed by atoms with Crippen molar-refractivity contribution in [3.8, 4) is 0 Å². The number of hydrogen-bond donors (Lipinski definition) is 3. The molecule has 0 aromatic heterocycles. The number of aliphatic imine (C=N–C) groups is 1. The van der Waals surface area contributed by atoms with Crippen molar-refractivity contribution in [3.05, 3.63) is 70.8 Å². The van der Waals surface area contributed by atoms with E-state index in [1.165, 1.54) is 18.2 Å². The van der Waals surface area contributed by atoms with Crippen molar-refractivity contribution < 1.29 is 41.0 Å². The maximum atomic E-state index is 13.3. The highest BCUT2D eigenvalue weighted by Crippen LogP contribution is 2.35. The number of amides is 2. The highest BCUT2D eigenvalue weighted by atomic mass is 19.4. The van der Waals surface area contributed by atoms with Crippen molar-refractivity contribution in [3.63, 3.8) is 0 Å². The van der Waals surface area contributed by atoms with Crippen LogP contribution in [0.5, 0.6) is 0 Å². The zero-order valence-corrected chi connectivity index (χ0v) is 16.7. The first-order valence-corrected chi connectivity index (χ1v) is 9.45. The Labute approximate surface area is 183 Å². The number of halogens is 6. The molecule has 0 radical (unpaired) electrons.